The van der Waals surface area contributed by atoms with Crippen LogP contribution >= 0.6 is 0 Å². The van der Waals surface area contributed by atoms with Crippen molar-refractivity contribution in [3.8, 4) is 0 Å². The molecule has 0 radical (unpaired) electrons. The maximum absolute atomic E-state index is 13.2. The highest BCUT2D eigenvalue weighted by molar-refractivity contribution is 7.89. The number of sulfonamides is 1. The Morgan fingerprint density at radius 3 is 2.29 bits per heavy atom. The number of piperidine rings is 1. The first-order chi connectivity index (χ1) is 14.4. The Bertz CT molecular complexity index is 871. The summed E-state index contributed by atoms with van der Waals surface area (Å²) in [5.41, 5.74) is -0.420. The Morgan fingerprint density at radius 1 is 1.06 bits per heavy atom. The van der Waals surface area contributed by atoms with Gasteiger partial charge in [0.1, 0.15) is 12.1 Å². The average Bonchev–Trinajstić information content (AvgIpc) is 2.70. The Balaban J connectivity index is 2.25. The number of rotatable bonds is 8. The highest BCUT2D eigenvalue weighted by atomic mass is 32.2. The summed E-state index contributed by atoms with van der Waals surface area (Å²) in [5, 5.41) is 0. The zero-order valence-corrected chi connectivity index (χ0v) is 20.1. The maximum atomic E-state index is 13.2. The number of hydrogen-bond acceptors (Lipinski definition) is 6. The van der Waals surface area contributed by atoms with Crippen molar-refractivity contribution >= 4 is 21.9 Å². The molecule has 2 rings (SSSR count). The minimum absolute atomic E-state index is 0.102. The molecule has 0 aliphatic carbocycles. The monoisotopic (exact) mass is 453 g/mol. The van der Waals surface area contributed by atoms with Crippen LogP contribution in [0.3, 0.4) is 0 Å². The number of hydrogen-bond donors (Lipinski definition) is 0. The number of carbonyl (C=O) groups excluding carboxylic acids is 2. The first kappa shape index (κ1) is 25.3. The molecule has 1 aromatic carbocycles. The molecule has 1 aliphatic rings. The van der Waals surface area contributed by atoms with E-state index in [0.29, 0.717) is 26.2 Å². The van der Waals surface area contributed by atoms with Crippen LogP contribution in [0.2, 0.25) is 0 Å². The second-order valence-corrected chi connectivity index (χ2v) is 11.0. The number of nitrogens with zero attached hydrogens (tertiary/aromatic N) is 3. The third-order valence-electron chi connectivity index (χ3n) is 4.88. The van der Waals surface area contributed by atoms with Crippen molar-refractivity contribution < 1.29 is 22.7 Å². The third-order valence-corrected chi connectivity index (χ3v) is 6.77. The standard InChI is InChI=1S/C22H35N3O5S/c1-22(2,3)30-20(26)17-24(15-14-23(4)5)21(27)18-10-9-11-19(16-18)31(28,29)25-12-7-6-8-13-25/h9-11,16H,6-8,12-15,17H2,1-5H3. The van der Waals surface area contributed by atoms with E-state index >= 15 is 0 Å². The summed E-state index contributed by atoms with van der Waals surface area (Å²) in [6.07, 6.45) is 2.70. The lowest BCUT2D eigenvalue weighted by Crippen LogP contribution is -2.42. The Morgan fingerprint density at radius 2 is 1.71 bits per heavy atom. The highest BCUT2D eigenvalue weighted by Gasteiger charge is 2.28. The highest BCUT2D eigenvalue weighted by Crippen LogP contribution is 2.22. The molecule has 0 atom stereocenters. The second-order valence-electron chi connectivity index (χ2n) is 9.11. The summed E-state index contributed by atoms with van der Waals surface area (Å²) in [6.45, 7) is 6.97. The molecule has 1 aromatic rings. The summed E-state index contributed by atoms with van der Waals surface area (Å²) in [6, 6.07) is 6.07. The van der Waals surface area contributed by atoms with Crippen LogP contribution in [-0.4, -0.2) is 86.8 Å². The van der Waals surface area contributed by atoms with Gasteiger partial charge in [-0.25, -0.2) is 8.42 Å². The van der Waals surface area contributed by atoms with E-state index in [9.17, 15) is 18.0 Å². The molecule has 9 heteroatoms. The fraction of sp³-hybridized carbons (Fsp3) is 0.636. The minimum Gasteiger partial charge on any atom is -0.459 e. The van der Waals surface area contributed by atoms with Gasteiger partial charge in [-0.2, -0.15) is 4.31 Å². The summed E-state index contributed by atoms with van der Waals surface area (Å²) >= 11 is 0. The maximum Gasteiger partial charge on any atom is 0.326 e. The first-order valence-electron chi connectivity index (χ1n) is 10.7. The van der Waals surface area contributed by atoms with E-state index in [2.05, 4.69) is 0 Å². The fourth-order valence-corrected chi connectivity index (χ4v) is 4.89. The number of carbonyl (C=O) groups is 2. The van der Waals surface area contributed by atoms with Gasteiger partial charge in [0, 0.05) is 31.7 Å². The van der Waals surface area contributed by atoms with E-state index in [-0.39, 0.29) is 17.0 Å². The number of benzene rings is 1. The van der Waals surface area contributed by atoms with Gasteiger partial charge < -0.3 is 14.5 Å². The van der Waals surface area contributed by atoms with Crippen LogP contribution in [0.25, 0.3) is 0 Å². The quantitative estimate of drug-likeness (QED) is 0.561. The van der Waals surface area contributed by atoms with Crippen molar-refractivity contribution in [2.24, 2.45) is 0 Å². The molecule has 1 saturated heterocycles. The molecule has 0 aromatic heterocycles. The van der Waals surface area contributed by atoms with Crippen LogP contribution in [-0.2, 0) is 19.6 Å². The molecule has 1 amide bonds. The predicted molar refractivity (Wildman–Crippen MR) is 119 cm³/mol. The van der Waals surface area contributed by atoms with Crippen molar-refractivity contribution in [1.29, 1.82) is 0 Å². The number of amides is 1. The second kappa shape index (κ2) is 10.6. The smallest absolute Gasteiger partial charge is 0.326 e. The molecule has 0 bridgehead atoms. The molecule has 1 fully saturated rings. The zero-order chi connectivity index (χ0) is 23.2. The number of likely N-dealkylation sites (N-methyl/N-ethyl adjacent to an activating group) is 1. The van der Waals surface area contributed by atoms with E-state index in [1.807, 2.05) is 19.0 Å². The van der Waals surface area contributed by atoms with Crippen LogP contribution in [0.5, 0.6) is 0 Å². The van der Waals surface area contributed by atoms with Gasteiger partial charge in [0.2, 0.25) is 10.0 Å². The molecule has 0 N–H and O–H groups in total. The van der Waals surface area contributed by atoms with Gasteiger partial charge in [0.05, 0.1) is 4.90 Å². The van der Waals surface area contributed by atoms with Gasteiger partial charge in [-0.3, -0.25) is 9.59 Å². The van der Waals surface area contributed by atoms with Crippen molar-refractivity contribution in [1.82, 2.24) is 14.1 Å². The van der Waals surface area contributed by atoms with E-state index in [1.54, 1.807) is 32.9 Å². The van der Waals surface area contributed by atoms with Gasteiger partial charge in [-0.05, 0) is 65.9 Å². The van der Waals surface area contributed by atoms with Crippen molar-refractivity contribution in [3.05, 3.63) is 29.8 Å². The molecule has 0 saturated carbocycles. The summed E-state index contributed by atoms with van der Waals surface area (Å²) < 4.78 is 32.8. The SMILES string of the molecule is CN(C)CCN(CC(=O)OC(C)(C)C)C(=O)c1cccc(S(=O)(=O)N2CCCCC2)c1. The largest absolute Gasteiger partial charge is 0.459 e. The molecule has 0 spiro atoms. The lowest BCUT2D eigenvalue weighted by atomic mass is 10.2. The molecule has 0 unspecified atom stereocenters. The average molecular weight is 454 g/mol. The minimum atomic E-state index is -3.65. The molecule has 31 heavy (non-hydrogen) atoms. The van der Waals surface area contributed by atoms with Crippen molar-refractivity contribution in [2.75, 3.05) is 46.8 Å². The predicted octanol–water partition coefficient (Wildman–Crippen LogP) is 2.21. The lowest BCUT2D eigenvalue weighted by molar-refractivity contribution is -0.155. The van der Waals surface area contributed by atoms with E-state index < -0.39 is 27.5 Å². The van der Waals surface area contributed by atoms with Crippen LogP contribution in [0.4, 0.5) is 0 Å². The topological polar surface area (TPSA) is 87.2 Å². The van der Waals surface area contributed by atoms with Gasteiger partial charge in [0.15, 0.2) is 0 Å². The van der Waals surface area contributed by atoms with Crippen molar-refractivity contribution in [3.63, 3.8) is 0 Å². The normalized spacial score (nSPS) is 15.7. The van der Waals surface area contributed by atoms with Gasteiger partial charge in [0.25, 0.3) is 5.91 Å². The van der Waals surface area contributed by atoms with E-state index in [4.69, 9.17) is 4.74 Å². The molecule has 1 aliphatic heterocycles. The zero-order valence-electron chi connectivity index (χ0n) is 19.3. The molecule has 1 heterocycles. The van der Waals surface area contributed by atoms with Crippen molar-refractivity contribution in [2.45, 2.75) is 50.5 Å². The number of ether oxygens (including phenoxy) is 1. The Hall–Kier alpha value is -1.97. The third kappa shape index (κ3) is 7.59. The Kier molecular flexibility index (Phi) is 8.62. The molecular formula is C22H35N3O5S. The van der Waals surface area contributed by atoms with Gasteiger partial charge in [-0.1, -0.05) is 12.5 Å². The van der Waals surface area contributed by atoms with E-state index in [0.717, 1.165) is 19.3 Å². The first-order valence-corrected chi connectivity index (χ1v) is 12.1. The van der Waals surface area contributed by atoms with Crippen LogP contribution in [0, 0.1) is 0 Å². The molecular weight excluding hydrogens is 418 g/mol. The van der Waals surface area contributed by atoms with Crippen LogP contribution < -0.4 is 0 Å². The summed E-state index contributed by atoms with van der Waals surface area (Å²) in [5.74, 6) is -0.903. The summed E-state index contributed by atoms with van der Waals surface area (Å²) in [7, 11) is 0.100. The molecule has 174 valence electrons. The van der Waals surface area contributed by atoms with Crippen LogP contribution in [0.1, 0.15) is 50.4 Å². The fourth-order valence-electron chi connectivity index (χ4n) is 3.33. The van der Waals surface area contributed by atoms with Crippen LogP contribution in [0.15, 0.2) is 29.2 Å². The van der Waals surface area contributed by atoms with E-state index in [1.165, 1.54) is 21.3 Å². The van der Waals surface area contributed by atoms with Gasteiger partial charge in [-0.15, -0.1) is 0 Å². The van der Waals surface area contributed by atoms with Gasteiger partial charge >= 0.3 is 5.97 Å². The molecule has 8 nitrogen and oxygen atoms in total. The summed E-state index contributed by atoms with van der Waals surface area (Å²) in [4.78, 5) is 29.0. The number of esters is 1. The lowest BCUT2D eigenvalue weighted by Gasteiger charge is -2.27. The Labute approximate surface area is 186 Å².